The Balaban J connectivity index is 1.14. The van der Waals surface area contributed by atoms with Gasteiger partial charge in [0, 0.05) is 55.7 Å². The van der Waals surface area contributed by atoms with Crippen LogP contribution in [-0.2, 0) is 6.54 Å². The summed E-state index contributed by atoms with van der Waals surface area (Å²) in [5.74, 6) is 0.834. The molecule has 62 heavy (non-hydrogen) atoms. The normalized spacial score (nSPS) is 12.2. The number of fused-ring (bicyclic) bond motifs is 6. The van der Waals surface area contributed by atoms with Gasteiger partial charge in [0.25, 0.3) is 0 Å². The van der Waals surface area contributed by atoms with Crippen LogP contribution in [0.3, 0.4) is 0 Å². The van der Waals surface area contributed by atoms with E-state index in [1.165, 1.54) is 0 Å². The summed E-state index contributed by atoms with van der Waals surface area (Å²) in [6.07, 6.45) is 1.94. The van der Waals surface area contributed by atoms with Crippen molar-refractivity contribution in [2.45, 2.75) is 6.54 Å². The average molecular weight is 798 g/mol. The van der Waals surface area contributed by atoms with Crippen LogP contribution < -0.4 is 5.73 Å². The van der Waals surface area contributed by atoms with E-state index in [2.05, 4.69) is 156 Å². The minimum absolute atomic E-state index is 0.361. The van der Waals surface area contributed by atoms with E-state index < -0.39 is 0 Å². The van der Waals surface area contributed by atoms with E-state index in [1.54, 1.807) is 0 Å². The summed E-state index contributed by atoms with van der Waals surface area (Å²) in [5, 5.41) is 4.30. The van der Waals surface area contributed by atoms with Gasteiger partial charge in [-0.05, 0) is 70.8 Å². The molecule has 0 atom stereocenters. The molecule has 0 bridgehead atoms. The lowest BCUT2D eigenvalue weighted by Crippen LogP contribution is -2.17. The van der Waals surface area contributed by atoms with Gasteiger partial charge in [-0.2, -0.15) is 0 Å². The molecule has 3 aromatic heterocycles. The second kappa shape index (κ2) is 15.7. The van der Waals surface area contributed by atoms with Gasteiger partial charge in [-0.25, -0.2) is 4.99 Å². The van der Waals surface area contributed by atoms with Crippen LogP contribution in [-0.4, -0.2) is 21.2 Å². The maximum atomic E-state index is 6.95. The Morgan fingerprint density at radius 2 is 1.18 bits per heavy atom. The molecule has 8 aromatic carbocycles. The van der Waals surface area contributed by atoms with Gasteiger partial charge in [0.1, 0.15) is 17.0 Å². The zero-order valence-corrected chi connectivity index (χ0v) is 33.7. The fraction of sp³-hybridized carbons (Fsp3) is 0.0179. The summed E-state index contributed by atoms with van der Waals surface area (Å²) in [6.45, 7) is 0.398. The monoisotopic (exact) mass is 797 g/mol. The Bertz CT molecular complexity index is 3480. The quantitative estimate of drug-likeness (QED) is 0.123. The first-order valence-electron chi connectivity index (χ1n) is 20.7. The molecular formula is C56H39N5O. The summed E-state index contributed by atoms with van der Waals surface area (Å²) in [7, 11) is 0. The van der Waals surface area contributed by atoms with Crippen LogP contribution >= 0.6 is 0 Å². The smallest absolute Gasteiger partial charge is 0.159 e. The molecule has 3 heterocycles. The summed E-state index contributed by atoms with van der Waals surface area (Å²) in [4.78, 5) is 15.6. The van der Waals surface area contributed by atoms with Crippen LogP contribution in [0.15, 0.2) is 227 Å². The Hall–Kier alpha value is -8.35. The molecule has 0 radical (unpaired) electrons. The van der Waals surface area contributed by atoms with Crippen molar-refractivity contribution in [3.8, 4) is 39.2 Å². The first-order valence-corrected chi connectivity index (χ1v) is 20.7. The number of furan rings is 1. The molecule has 11 aromatic rings. The highest BCUT2D eigenvalue weighted by Gasteiger charge is 2.22. The Kier molecular flexibility index (Phi) is 9.28. The van der Waals surface area contributed by atoms with Crippen molar-refractivity contribution < 1.29 is 4.42 Å². The number of aromatic nitrogens is 2. The molecule has 6 nitrogen and oxygen atoms in total. The molecule has 6 heteroatoms. The molecule has 0 saturated carbocycles. The van der Waals surface area contributed by atoms with E-state index in [9.17, 15) is 0 Å². The first kappa shape index (κ1) is 36.7. The van der Waals surface area contributed by atoms with Crippen molar-refractivity contribution in [1.29, 1.82) is 0 Å². The van der Waals surface area contributed by atoms with Crippen molar-refractivity contribution in [1.82, 2.24) is 9.55 Å². The van der Waals surface area contributed by atoms with Gasteiger partial charge >= 0.3 is 0 Å². The molecule has 0 aliphatic carbocycles. The minimum Gasteiger partial charge on any atom is -0.455 e. The number of amidine groups is 2. The summed E-state index contributed by atoms with van der Waals surface area (Å²) >= 11 is 0. The number of para-hydroxylation sites is 3. The van der Waals surface area contributed by atoms with E-state index >= 15 is 0 Å². The maximum Gasteiger partial charge on any atom is 0.159 e. The molecule has 0 spiro atoms. The van der Waals surface area contributed by atoms with E-state index in [0.29, 0.717) is 23.9 Å². The largest absolute Gasteiger partial charge is 0.455 e. The molecule has 294 valence electrons. The van der Waals surface area contributed by atoms with E-state index in [4.69, 9.17) is 25.1 Å². The molecule has 0 aliphatic rings. The lowest BCUT2D eigenvalue weighted by atomic mass is 9.96. The van der Waals surface area contributed by atoms with Crippen molar-refractivity contribution in [3.63, 3.8) is 0 Å². The zero-order chi connectivity index (χ0) is 41.4. The highest BCUT2D eigenvalue weighted by Crippen LogP contribution is 2.42. The average Bonchev–Trinajstić information content (AvgIpc) is 3.88. The Morgan fingerprint density at radius 1 is 0.532 bits per heavy atom. The van der Waals surface area contributed by atoms with Gasteiger partial charge in [-0.1, -0.05) is 158 Å². The number of hydrogen-bond acceptors (Lipinski definition) is 3. The number of nitrogens with two attached hydrogens (primary N) is 1. The third-order valence-electron chi connectivity index (χ3n) is 11.5. The molecular weight excluding hydrogens is 759 g/mol. The molecule has 0 fully saturated rings. The number of rotatable bonds is 8. The third kappa shape index (κ3) is 6.70. The molecule has 0 saturated heterocycles. The van der Waals surface area contributed by atoms with Gasteiger partial charge in [-0.3, -0.25) is 9.98 Å². The number of nitrogens with zero attached hydrogens (tertiary/aromatic N) is 4. The number of hydrogen-bond donors (Lipinski definition) is 1. The predicted molar refractivity (Wildman–Crippen MR) is 256 cm³/mol. The lowest BCUT2D eigenvalue weighted by molar-refractivity contribution is 0.670. The van der Waals surface area contributed by atoms with E-state index in [-0.39, 0.29) is 0 Å². The maximum absolute atomic E-state index is 6.95. The second-order valence-corrected chi connectivity index (χ2v) is 15.4. The van der Waals surface area contributed by atoms with Crippen LogP contribution in [0.25, 0.3) is 82.9 Å². The van der Waals surface area contributed by atoms with Crippen molar-refractivity contribution in [2.24, 2.45) is 15.7 Å². The number of benzene rings is 8. The standard InChI is InChI=1S/C56H39N5O/c57-55(39-21-9-3-10-22-39)60-56(59-35-37-17-5-1-6-18-37)49-32-42(41-24-15-23-40(31-41)38-19-7-2-8-20-38)36-58-53(49)46-29-16-28-45-48-33-51-47(34-52(48)62-54(45)46)44-27-13-14-30-50(44)61(51)43-25-11-4-12-26-43/h1-34,36H,35H2,(H2,57,59,60). The SMILES string of the molecule is NC(=NC(=NCc1ccccc1)c1cc(-c2cccc(-c3ccccc3)c2)cnc1-c1cccc2c1oc1cc3c4ccccc4n(-c4ccccc4)c3cc12)c1ccccc1. The van der Waals surface area contributed by atoms with Crippen LogP contribution in [0.4, 0.5) is 0 Å². The van der Waals surface area contributed by atoms with Gasteiger partial charge in [0.2, 0.25) is 0 Å². The zero-order valence-electron chi connectivity index (χ0n) is 33.7. The summed E-state index contributed by atoms with van der Waals surface area (Å²) in [6, 6.07) is 70.9. The molecule has 0 aliphatic heterocycles. The van der Waals surface area contributed by atoms with Crippen molar-refractivity contribution in [3.05, 3.63) is 229 Å². The molecule has 0 unspecified atom stereocenters. The third-order valence-corrected chi connectivity index (χ3v) is 11.5. The van der Waals surface area contributed by atoms with E-state index in [0.717, 1.165) is 93.9 Å². The first-order chi connectivity index (χ1) is 30.7. The predicted octanol–water partition coefficient (Wildman–Crippen LogP) is 13.4. The highest BCUT2D eigenvalue weighted by molar-refractivity contribution is 6.19. The fourth-order valence-corrected chi connectivity index (χ4v) is 8.54. The summed E-state index contributed by atoms with van der Waals surface area (Å²) in [5.41, 5.74) is 20.1. The number of pyridine rings is 1. The fourth-order valence-electron chi connectivity index (χ4n) is 8.54. The van der Waals surface area contributed by atoms with Crippen LogP contribution in [0.2, 0.25) is 0 Å². The summed E-state index contributed by atoms with van der Waals surface area (Å²) < 4.78 is 9.29. The number of aliphatic imine (C=N–C) groups is 2. The van der Waals surface area contributed by atoms with E-state index in [1.807, 2.05) is 60.8 Å². The second-order valence-electron chi connectivity index (χ2n) is 15.4. The highest BCUT2D eigenvalue weighted by atomic mass is 16.3. The lowest BCUT2D eigenvalue weighted by Gasteiger charge is -2.14. The van der Waals surface area contributed by atoms with Gasteiger partial charge in [-0.15, -0.1) is 0 Å². The molecule has 11 rings (SSSR count). The van der Waals surface area contributed by atoms with Crippen molar-refractivity contribution >= 4 is 55.4 Å². The van der Waals surface area contributed by atoms with Crippen LogP contribution in [0.1, 0.15) is 16.7 Å². The Labute approximate surface area is 358 Å². The minimum atomic E-state index is 0.361. The van der Waals surface area contributed by atoms with Crippen LogP contribution in [0, 0.1) is 0 Å². The topological polar surface area (TPSA) is 81.7 Å². The molecule has 0 amide bonds. The molecule has 2 N–H and O–H groups in total. The van der Waals surface area contributed by atoms with Gasteiger partial charge in [0.15, 0.2) is 5.84 Å². The van der Waals surface area contributed by atoms with Crippen molar-refractivity contribution in [2.75, 3.05) is 0 Å². The van der Waals surface area contributed by atoms with Crippen LogP contribution in [0.5, 0.6) is 0 Å². The van der Waals surface area contributed by atoms with Gasteiger partial charge in [0.05, 0.1) is 23.3 Å². The van der Waals surface area contributed by atoms with Gasteiger partial charge < -0.3 is 14.7 Å². The Morgan fingerprint density at radius 3 is 1.97 bits per heavy atom.